The molecule has 3 fully saturated rings. The largest absolute Gasteiger partial charge is 0.471 e. The zero-order chi connectivity index (χ0) is 22.1. The maximum Gasteiger partial charge on any atom is 0.471 e. The van der Waals surface area contributed by atoms with Crippen molar-refractivity contribution in [3.8, 4) is 0 Å². The van der Waals surface area contributed by atoms with E-state index in [4.69, 9.17) is 0 Å². The predicted octanol–water partition coefficient (Wildman–Crippen LogP) is 4.31. The molecule has 4 aliphatic rings. The van der Waals surface area contributed by atoms with E-state index in [0.29, 0.717) is 42.7 Å². The number of allylic oxidation sites excluding steroid dienone is 2. The van der Waals surface area contributed by atoms with E-state index in [9.17, 15) is 28.2 Å². The maximum absolute atomic E-state index is 12.6. The van der Waals surface area contributed by atoms with Crippen LogP contribution >= 0.6 is 0 Å². The predicted molar refractivity (Wildman–Crippen MR) is 106 cm³/mol. The Labute approximate surface area is 176 Å². The van der Waals surface area contributed by atoms with E-state index in [1.54, 1.807) is 13.0 Å². The molecule has 0 spiro atoms. The molecule has 0 aromatic rings. The number of nitrogens with one attached hydrogen (secondary N) is 1. The van der Waals surface area contributed by atoms with Gasteiger partial charge in [-0.1, -0.05) is 19.9 Å². The van der Waals surface area contributed by atoms with Gasteiger partial charge in [0.15, 0.2) is 0 Å². The van der Waals surface area contributed by atoms with Crippen molar-refractivity contribution in [3.05, 3.63) is 11.8 Å². The zero-order valence-electron chi connectivity index (χ0n) is 18.1. The summed E-state index contributed by atoms with van der Waals surface area (Å²) in [5.41, 5.74) is -0.922. The Hall–Kier alpha value is -1.08. The van der Waals surface area contributed by atoms with Gasteiger partial charge in [0.25, 0.3) is 0 Å². The van der Waals surface area contributed by atoms with Gasteiger partial charge >= 0.3 is 12.1 Å². The molecule has 0 bridgehead atoms. The summed E-state index contributed by atoms with van der Waals surface area (Å²) in [6.07, 6.45) is 2.66. The number of alkyl halides is 3. The van der Waals surface area contributed by atoms with Crippen molar-refractivity contribution < 1.29 is 28.2 Å². The molecule has 3 unspecified atom stereocenters. The number of halogens is 3. The standard InChI is InChI=1S/C23H34F3NO3/c1-13(28)22(30)11-8-18-16-5-4-14-12-15(27-19(29)23(24,25)26)6-9-20(14,2)17(16)7-10-21(18,22)3/h6,13-14,16-18,28,30H,4-5,7-12H2,1-3H3,(H,27,29)/t13-,14+,16?,17?,18?,20+,21+,22+/m1/s1. The van der Waals surface area contributed by atoms with E-state index < -0.39 is 23.8 Å². The molecule has 7 heteroatoms. The Kier molecular flexibility index (Phi) is 5.13. The van der Waals surface area contributed by atoms with E-state index in [2.05, 4.69) is 19.2 Å². The Morgan fingerprint density at radius 1 is 1.17 bits per heavy atom. The third-order valence-electron chi connectivity index (χ3n) is 9.76. The summed E-state index contributed by atoms with van der Waals surface area (Å²) in [6, 6.07) is 0. The highest BCUT2D eigenvalue weighted by atomic mass is 19.4. The van der Waals surface area contributed by atoms with Gasteiger partial charge < -0.3 is 15.5 Å². The summed E-state index contributed by atoms with van der Waals surface area (Å²) in [5.74, 6) is -0.334. The van der Waals surface area contributed by atoms with Crippen molar-refractivity contribution in [1.29, 1.82) is 0 Å². The molecule has 4 nitrogen and oxygen atoms in total. The highest BCUT2D eigenvalue weighted by molar-refractivity contribution is 5.83. The van der Waals surface area contributed by atoms with Gasteiger partial charge in [0.2, 0.25) is 0 Å². The lowest BCUT2D eigenvalue weighted by Crippen LogP contribution is -2.59. The fourth-order valence-corrected chi connectivity index (χ4v) is 7.94. The SMILES string of the molecule is C[C@@H](O)[C@@]1(O)CCC2C3CC[C@H]4CC(NC(=O)C(F)(F)F)=CC[C@]4(C)C3CC[C@@]21C. The molecular formula is C23H34F3NO3. The molecule has 0 heterocycles. The number of fused-ring (bicyclic) bond motifs is 5. The zero-order valence-corrected chi connectivity index (χ0v) is 18.1. The van der Waals surface area contributed by atoms with Crippen molar-refractivity contribution in [2.75, 3.05) is 0 Å². The number of carbonyl (C=O) groups excluding carboxylic acids is 1. The van der Waals surface area contributed by atoms with E-state index in [1.807, 2.05) is 0 Å². The number of hydrogen-bond donors (Lipinski definition) is 3. The second-order valence-corrected chi connectivity index (χ2v) is 10.8. The first kappa shape index (κ1) is 22.1. The molecule has 0 saturated heterocycles. The van der Waals surface area contributed by atoms with Crippen LogP contribution in [0.4, 0.5) is 13.2 Å². The summed E-state index contributed by atoms with van der Waals surface area (Å²) in [7, 11) is 0. The van der Waals surface area contributed by atoms with Crippen molar-refractivity contribution in [2.24, 2.45) is 34.5 Å². The van der Waals surface area contributed by atoms with Crippen LogP contribution in [-0.2, 0) is 4.79 Å². The summed E-state index contributed by atoms with van der Waals surface area (Å²) in [4.78, 5) is 11.4. The quantitative estimate of drug-likeness (QED) is 0.613. The smallest absolute Gasteiger partial charge is 0.390 e. The lowest BCUT2D eigenvalue weighted by atomic mass is 9.45. The summed E-state index contributed by atoms with van der Waals surface area (Å²) in [5, 5.41) is 23.7. The first-order valence-corrected chi connectivity index (χ1v) is 11.3. The lowest BCUT2D eigenvalue weighted by Gasteiger charge is -2.61. The fraction of sp³-hybridized carbons (Fsp3) is 0.870. The topological polar surface area (TPSA) is 69.6 Å². The van der Waals surface area contributed by atoms with Crippen LogP contribution in [0.1, 0.15) is 72.1 Å². The average molecular weight is 430 g/mol. The molecule has 3 saturated carbocycles. The summed E-state index contributed by atoms with van der Waals surface area (Å²) in [6.45, 7) is 6.11. The van der Waals surface area contributed by atoms with Gasteiger partial charge in [-0.15, -0.1) is 0 Å². The van der Waals surface area contributed by atoms with Crippen molar-refractivity contribution in [1.82, 2.24) is 5.32 Å². The molecule has 3 N–H and O–H groups in total. The number of rotatable bonds is 2. The minimum atomic E-state index is -4.86. The van der Waals surface area contributed by atoms with Crippen LogP contribution in [0.2, 0.25) is 0 Å². The summed E-state index contributed by atoms with van der Waals surface area (Å²) >= 11 is 0. The average Bonchev–Trinajstić information content (AvgIpc) is 2.94. The molecule has 30 heavy (non-hydrogen) atoms. The van der Waals surface area contributed by atoms with Gasteiger partial charge in [-0.05, 0) is 87.4 Å². The van der Waals surface area contributed by atoms with E-state index >= 15 is 0 Å². The molecule has 170 valence electrons. The van der Waals surface area contributed by atoms with Gasteiger partial charge in [-0.3, -0.25) is 4.79 Å². The van der Waals surface area contributed by atoms with Crippen LogP contribution in [0.3, 0.4) is 0 Å². The minimum Gasteiger partial charge on any atom is -0.390 e. The molecule has 0 radical (unpaired) electrons. The number of aliphatic hydroxyl groups excluding tert-OH is 1. The van der Waals surface area contributed by atoms with Crippen LogP contribution in [0.5, 0.6) is 0 Å². The first-order chi connectivity index (χ1) is 13.8. The molecule has 0 aromatic heterocycles. The van der Waals surface area contributed by atoms with Crippen molar-refractivity contribution in [2.45, 2.75) is 90.0 Å². The second-order valence-electron chi connectivity index (χ2n) is 10.8. The van der Waals surface area contributed by atoms with Gasteiger partial charge in [0.1, 0.15) is 0 Å². The Bertz CT molecular complexity index is 750. The highest BCUT2D eigenvalue weighted by Crippen LogP contribution is 2.68. The van der Waals surface area contributed by atoms with E-state index in [1.165, 1.54) is 0 Å². The van der Waals surface area contributed by atoms with Gasteiger partial charge in [-0.25, -0.2) is 0 Å². The Balaban J connectivity index is 1.54. The van der Waals surface area contributed by atoms with Gasteiger partial charge in [-0.2, -0.15) is 13.2 Å². The third kappa shape index (κ3) is 3.06. The monoisotopic (exact) mass is 429 g/mol. The van der Waals surface area contributed by atoms with Crippen LogP contribution in [0, 0.1) is 34.5 Å². The van der Waals surface area contributed by atoms with Crippen molar-refractivity contribution in [3.63, 3.8) is 0 Å². The Morgan fingerprint density at radius 3 is 2.47 bits per heavy atom. The second kappa shape index (κ2) is 6.96. The minimum absolute atomic E-state index is 0.00223. The molecular weight excluding hydrogens is 395 g/mol. The molecule has 4 rings (SSSR count). The molecule has 8 atom stereocenters. The first-order valence-electron chi connectivity index (χ1n) is 11.3. The number of carbonyl (C=O) groups is 1. The highest BCUT2D eigenvalue weighted by Gasteiger charge is 2.65. The number of amides is 1. The van der Waals surface area contributed by atoms with E-state index in [0.717, 1.165) is 32.1 Å². The van der Waals surface area contributed by atoms with Gasteiger partial charge in [0, 0.05) is 11.1 Å². The van der Waals surface area contributed by atoms with Crippen LogP contribution < -0.4 is 5.32 Å². The van der Waals surface area contributed by atoms with E-state index in [-0.39, 0.29) is 16.7 Å². The van der Waals surface area contributed by atoms with Gasteiger partial charge in [0.05, 0.1) is 11.7 Å². The summed E-state index contributed by atoms with van der Waals surface area (Å²) < 4.78 is 37.9. The fourth-order valence-electron chi connectivity index (χ4n) is 7.94. The molecule has 0 aliphatic heterocycles. The molecule has 0 aromatic carbocycles. The normalized spacial score (nSPS) is 46.9. The molecule has 4 aliphatic carbocycles. The third-order valence-corrected chi connectivity index (χ3v) is 9.76. The van der Waals surface area contributed by atoms with Crippen molar-refractivity contribution >= 4 is 5.91 Å². The van der Waals surface area contributed by atoms with Crippen LogP contribution in [0.15, 0.2) is 11.8 Å². The number of aliphatic hydroxyl groups is 2. The lowest BCUT2D eigenvalue weighted by molar-refractivity contribution is -0.180. The number of hydrogen-bond acceptors (Lipinski definition) is 3. The Morgan fingerprint density at radius 2 is 1.83 bits per heavy atom. The van der Waals surface area contributed by atoms with Crippen LogP contribution in [-0.4, -0.2) is 34.0 Å². The van der Waals surface area contributed by atoms with Crippen LogP contribution in [0.25, 0.3) is 0 Å². The maximum atomic E-state index is 12.6. The molecule has 1 amide bonds.